The minimum absolute atomic E-state index is 0.283. The summed E-state index contributed by atoms with van der Waals surface area (Å²) in [4.78, 5) is 0. The average Bonchev–Trinajstić information content (AvgIpc) is 2.87. The number of hydrogen-bond acceptors (Lipinski definition) is 1. The van der Waals surface area contributed by atoms with E-state index < -0.39 is 5.60 Å². The van der Waals surface area contributed by atoms with Crippen molar-refractivity contribution >= 4 is 0 Å². The Morgan fingerprint density at radius 3 is 1.66 bits per heavy atom. The van der Waals surface area contributed by atoms with Crippen molar-refractivity contribution in [3.05, 3.63) is 108 Å². The fraction of sp³-hybridized carbons (Fsp3) is 0.419. The SMILES string of the molecule is CCCCCCC1CCCCC1OC(c1ccccc1)(c1ccccc1)c1ccccc1. The maximum Gasteiger partial charge on any atom is 0.144 e. The molecule has 0 aliphatic heterocycles. The van der Waals surface area contributed by atoms with Crippen LogP contribution in [0.4, 0.5) is 0 Å². The predicted molar refractivity (Wildman–Crippen MR) is 135 cm³/mol. The smallest absolute Gasteiger partial charge is 0.144 e. The van der Waals surface area contributed by atoms with Crippen molar-refractivity contribution < 1.29 is 4.74 Å². The summed E-state index contributed by atoms with van der Waals surface area (Å²) < 4.78 is 7.41. The number of benzene rings is 3. The van der Waals surface area contributed by atoms with E-state index in [4.69, 9.17) is 4.74 Å². The number of unbranched alkanes of at least 4 members (excludes halogenated alkanes) is 3. The molecule has 32 heavy (non-hydrogen) atoms. The molecular weight excluding hydrogens is 388 g/mol. The molecule has 1 saturated carbocycles. The summed E-state index contributed by atoms with van der Waals surface area (Å²) in [5.41, 5.74) is 3.06. The molecule has 0 aromatic heterocycles. The van der Waals surface area contributed by atoms with E-state index in [0.29, 0.717) is 5.92 Å². The van der Waals surface area contributed by atoms with Gasteiger partial charge in [0.15, 0.2) is 0 Å². The van der Waals surface area contributed by atoms with Crippen LogP contribution >= 0.6 is 0 Å². The van der Waals surface area contributed by atoms with Crippen molar-refractivity contribution in [2.75, 3.05) is 0 Å². The highest BCUT2D eigenvalue weighted by Crippen LogP contribution is 2.44. The molecule has 1 heteroatoms. The molecule has 1 aliphatic rings. The number of hydrogen-bond donors (Lipinski definition) is 0. The van der Waals surface area contributed by atoms with E-state index in [-0.39, 0.29) is 6.10 Å². The van der Waals surface area contributed by atoms with Gasteiger partial charge in [-0.25, -0.2) is 0 Å². The zero-order valence-electron chi connectivity index (χ0n) is 19.6. The Balaban J connectivity index is 1.75. The Kier molecular flexibility index (Phi) is 8.18. The molecule has 2 atom stereocenters. The predicted octanol–water partition coefficient (Wildman–Crippen LogP) is 8.52. The highest BCUT2D eigenvalue weighted by molar-refractivity contribution is 5.47. The van der Waals surface area contributed by atoms with Gasteiger partial charge in [-0.15, -0.1) is 0 Å². The monoisotopic (exact) mass is 426 g/mol. The summed E-state index contributed by atoms with van der Waals surface area (Å²) in [6, 6.07) is 32.6. The normalized spacial score (nSPS) is 19.0. The lowest BCUT2D eigenvalue weighted by atomic mass is 9.78. The first-order chi connectivity index (χ1) is 15.8. The lowest BCUT2D eigenvalue weighted by molar-refractivity contribution is -0.0908. The molecule has 0 N–H and O–H groups in total. The van der Waals surface area contributed by atoms with Gasteiger partial charge in [0.25, 0.3) is 0 Å². The molecule has 168 valence electrons. The van der Waals surface area contributed by atoms with Gasteiger partial charge in [0.05, 0.1) is 6.10 Å². The average molecular weight is 427 g/mol. The van der Waals surface area contributed by atoms with Crippen LogP contribution in [0.3, 0.4) is 0 Å². The van der Waals surface area contributed by atoms with Crippen LogP contribution in [0, 0.1) is 5.92 Å². The Bertz CT molecular complexity index is 806. The summed E-state index contributed by atoms with van der Waals surface area (Å²) in [6.07, 6.45) is 12.0. The molecule has 1 fully saturated rings. The maximum atomic E-state index is 7.41. The third-order valence-corrected chi connectivity index (χ3v) is 7.14. The Hall–Kier alpha value is -2.38. The maximum absolute atomic E-state index is 7.41. The van der Waals surface area contributed by atoms with E-state index in [1.54, 1.807) is 0 Å². The topological polar surface area (TPSA) is 9.23 Å². The van der Waals surface area contributed by atoms with Crippen molar-refractivity contribution in [3.63, 3.8) is 0 Å². The van der Waals surface area contributed by atoms with E-state index in [2.05, 4.69) is 97.9 Å². The fourth-order valence-electron chi connectivity index (χ4n) is 5.44. The lowest BCUT2D eigenvalue weighted by Gasteiger charge is -2.43. The standard InChI is InChI=1S/C31H38O/c1-2-3-4-8-17-26-18-15-16-25-30(26)32-31(27-19-9-5-10-20-27,28-21-11-6-12-22-28)29-23-13-7-14-24-29/h5-7,9-14,19-24,26,30H,2-4,8,15-18,25H2,1H3. The van der Waals surface area contributed by atoms with Gasteiger partial charge in [0.2, 0.25) is 0 Å². The first kappa shape index (κ1) is 22.8. The second kappa shape index (κ2) is 11.5. The zero-order chi connectivity index (χ0) is 22.1. The van der Waals surface area contributed by atoms with Crippen molar-refractivity contribution in [2.45, 2.75) is 76.4 Å². The molecule has 1 nitrogen and oxygen atoms in total. The van der Waals surface area contributed by atoms with Crippen molar-refractivity contribution in [3.8, 4) is 0 Å². The van der Waals surface area contributed by atoms with Gasteiger partial charge in [0.1, 0.15) is 5.60 Å². The molecule has 1 aliphatic carbocycles. The van der Waals surface area contributed by atoms with Crippen LogP contribution in [0.25, 0.3) is 0 Å². The molecule has 0 spiro atoms. The second-order valence-corrected chi connectivity index (χ2v) is 9.33. The minimum Gasteiger partial charge on any atom is -0.357 e. The highest BCUT2D eigenvalue weighted by Gasteiger charge is 2.41. The first-order valence-corrected chi connectivity index (χ1v) is 12.7. The lowest BCUT2D eigenvalue weighted by Crippen LogP contribution is -2.40. The summed E-state index contributed by atoms with van der Waals surface area (Å²) in [7, 11) is 0. The van der Waals surface area contributed by atoms with Gasteiger partial charge in [-0.2, -0.15) is 0 Å². The molecule has 3 aromatic carbocycles. The Morgan fingerprint density at radius 1 is 0.656 bits per heavy atom. The zero-order valence-corrected chi connectivity index (χ0v) is 19.6. The van der Waals surface area contributed by atoms with E-state index in [1.807, 2.05) is 0 Å². The van der Waals surface area contributed by atoms with Crippen LogP contribution in [-0.4, -0.2) is 6.10 Å². The van der Waals surface area contributed by atoms with Gasteiger partial charge in [0, 0.05) is 0 Å². The molecule has 4 rings (SSSR count). The van der Waals surface area contributed by atoms with Gasteiger partial charge in [-0.1, -0.05) is 136 Å². The van der Waals surface area contributed by atoms with E-state index in [1.165, 1.54) is 68.1 Å². The van der Waals surface area contributed by atoms with Crippen LogP contribution in [0.1, 0.15) is 81.4 Å². The van der Waals surface area contributed by atoms with Crippen molar-refractivity contribution in [1.29, 1.82) is 0 Å². The van der Waals surface area contributed by atoms with Gasteiger partial charge < -0.3 is 4.74 Å². The van der Waals surface area contributed by atoms with E-state index >= 15 is 0 Å². The molecule has 3 aromatic rings. The van der Waals surface area contributed by atoms with E-state index in [0.717, 1.165) is 6.42 Å². The molecule has 2 unspecified atom stereocenters. The van der Waals surface area contributed by atoms with Crippen LogP contribution < -0.4 is 0 Å². The van der Waals surface area contributed by atoms with Crippen molar-refractivity contribution in [1.82, 2.24) is 0 Å². The molecule has 0 bridgehead atoms. The van der Waals surface area contributed by atoms with Crippen LogP contribution in [-0.2, 0) is 10.3 Å². The Morgan fingerprint density at radius 2 is 1.16 bits per heavy atom. The minimum atomic E-state index is -0.590. The third kappa shape index (κ3) is 5.15. The van der Waals surface area contributed by atoms with Crippen LogP contribution in [0.15, 0.2) is 91.0 Å². The molecule has 0 amide bonds. The summed E-state index contributed by atoms with van der Waals surface area (Å²) in [5, 5.41) is 0. The quantitative estimate of drug-likeness (QED) is 0.233. The summed E-state index contributed by atoms with van der Waals surface area (Å²) in [6.45, 7) is 2.29. The third-order valence-electron chi connectivity index (χ3n) is 7.14. The fourth-order valence-corrected chi connectivity index (χ4v) is 5.44. The second-order valence-electron chi connectivity index (χ2n) is 9.33. The first-order valence-electron chi connectivity index (χ1n) is 12.7. The molecular formula is C31H38O. The largest absolute Gasteiger partial charge is 0.357 e. The molecule has 0 radical (unpaired) electrons. The number of ether oxygens (including phenoxy) is 1. The van der Waals surface area contributed by atoms with Gasteiger partial charge >= 0.3 is 0 Å². The highest BCUT2D eigenvalue weighted by atomic mass is 16.5. The number of rotatable bonds is 10. The van der Waals surface area contributed by atoms with Crippen LogP contribution in [0.2, 0.25) is 0 Å². The Labute approximate surface area is 194 Å². The summed E-state index contributed by atoms with van der Waals surface area (Å²) >= 11 is 0. The van der Waals surface area contributed by atoms with Gasteiger partial charge in [-0.3, -0.25) is 0 Å². The molecule has 0 saturated heterocycles. The van der Waals surface area contributed by atoms with Crippen molar-refractivity contribution in [2.24, 2.45) is 5.92 Å². The van der Waals surface area contributed by atoms with Gasteiger partial charge in [-0.05, 0) is 41.9 Å². The van der Waals surface area contributed by atoms with Crippen LogP contribution in [0.5, 0.6) is 0 Å². The van der Waals surface area contributed by atoms with E-state index in [9.17, 15) is 0 Å². The summed E-state index contributed by atoms with van der Waals surface area (Å²) in [5.74, 6) is 0.649. The molecule has 0 heterocycles.